The highest BCUT2D eigenvalue weighted by molar-refractivity contribution is 5.75. The second-order valence-electron chi connectivity index (χ2n) is 5.14. The second kappa shape index (κ2) is 9.88. The molecule has 0 bridgehead atoms. The Hall–Kier alpha value is -1.10. The molecule has 0 rings (SSSR count). The first kappa shape index (κ1) is 16.9. The molecule has 106 valence electrons. The van der Waals surface area contributed by atoms with Crippen LogP contribution in [0, 0.1) is 11.8 Å². The number of nitrogens with one attached hydrogen (secondary N) is 1. The quantitative estimate of drug-likeness (QED) is 0.516. The summed E-state index contributed by atoms with van der Waals surface area (Å²) in [5.74, 6) is -0.370. The van der Waals surface area contributed by atoms with Crippen molar-refractivity contribution in [1.82, 2.24) is 5.32 Å². The Morgan fingerprint density at radius 1 is 1.28 bits per heavy atom. The third-order valence-corrected chi connectivity index (χ3v) is 2.71. The molecule has 0 spiro atoms. The third-order valence-electron chi connectivity index (χ3n) is 2.71. The molecule has 0 aliphatic heterocycles. The van der Waals surface area contributed by atoms with Crippen molar-refractivity contribution in [2.75, 3.05) is 13.1 Å². The van der Waals surface area contributed by atoms with E-state index in [0.29, 0.717) is 25.4 Å². The van der Waals surface area contributed by atoms with Crippen LogP contribution in [0.1, 0.15) is 46.0 Å². The number of carbonyl (C=O) groups is 2. The van der Waals surface area contributed by atoms with Crippen molar-refractivity contribution >= 4 is 11.9 Å². The average molecular weight is 258 g/mol. The highest BCUT2D eigenvalue weighted by atomic mass is 16.4. The standard InChI is InChI=1S/C13H26N2O3/c1-10(2)7-11(8-13(17)18)9-15-12(16)5-3-4-6-14/h10-11H,3-9,14H2,1-2H3,(H,15,16)(H,17,18). The molecule has 0 saturated carbocycles. The Kier molecular flexibility index (Phi) is 9.28. The zero-order valence-corrected chi connectivity index (χ0v) is 11.4. The molecule has 0 aromatic carbocycles. The van der Waals surface area contributed by atoms with Crippen LogP contribution >= 0.6 is 0 Å². The summed E-state index contributed by atoms with van der Waals surface area (Å²) in [4.78, 5) is 22.2. The Bertz CT molecular complexity index is 255. The Morgan fingerprint density at radius 3 is 2.44 bits per heavy atom. The highest BCUT2D eigenvalue weighted by Gasteiger charge is 2.15. The zero-order chi connectivity index (χ0) is 14.0. The van der Waals surface area contributed by atoms with E-state index in [-0.39, 0.29) is 18.2 Å². The summed E-state index contributed by atoms with van der Waals surface area (Å²) in [6, 6.07) is 0. The van der Waals surface area contributed by atoms with Gasteiger partial charge < -0.3 is 16.2 Å². The number of carboxylic acid groups (broad SMARTS) is 1. The summed E-state index contributed by atoms with van der Waals surface area (Å²) >= 11 is 0. The summed E-state index contributed by atoms with van der Waals surface area (Å²) in [7, 11) is 0. The van der Waals surface area contributed by atoms with E-state index in [1.54, 1.807) is 0 Å². The van der Waals surface area contributed by atoms with Gasteiger partial charge in [-0.2, -0.15) is 0 Å². The molecule has 0 aliphatic carbocycles. The van der Waals surface area contributed by atoms with E-state index >= 15 is 0 Å². The minimum Gasteiger partial charge on any atom is -0.481 e. The number of carboxylic acids is 1. The van der Waals surface area contributed by atoms with Gasteiger partial charge in [0, 0.05) is 19.4 Å². The molecule has 0 radical (unpaired) electrons. The zero-order valence-electron chi connectivity index (χ0n) is 11.4. The van der Waals surface area contributed by atoms with Crippen molar-refractivity contribution in [1.29, 1.82) is 0 Å². The van der Waals surface area contributed by atoms with E-state index in [0.717, 1.165) is 19.3 Å². The fraction of sp³-hybridized carbons (Fsp3) is 0.846. The summed E-state index contributed by atoms with van der Waals surface area (Å²) in [5.41, 5.74) is 5.35. The molecule has 0 aromatic rings. The predicted molar refractivity (Wildman–Crippen MR) is 71.1 cm³/mol. The number of amides is 1. The van der Waals surface area contributed by atoms with Crippen LogP contribution in [0.2, 0.25) is 0 Å². The fourth-order valence-electron chi connectivity index (χ4n) is 1.93. The smallest absolute Gasteiger partial charge is 0.303 e. The lowest BCUT2D eigenvalue weighted by atomic mass is 9.94. The van der Waals surface area contributed by atoms with E-state index in [4.69, 9.17) is 10.8 Å². The maximum absolute atomic E-state index is 11.5. The summed E-state index contributed by atoms with van der Waals surface area (Å²) in [6.07, 6.45) is 3.03. The van der Waals surface area contributed by atoms with E-state index in [2.05, 4.69) is 19.2 Å². The Balaban J connectivity index is 3.93. The van der Waals surface area contributed by atoms with Crippen molar-refractivity contribution in [2.45, 2.75) is 46.0 Å². The second-order valence-corrected chi connectivity index (χ2v) is 5.14. The molecular weight excluding hydrogens is 232 g/mol. The van der Waals surface area contributed by atoms with Crippen LogP contribution in [0.4, 0.5) is 0 Å². The van der Waals surface area contributed by atoms with Crippen LogP contribution in [-0.2, 0) is 9.59 Å². The van der Waals surface area contributed by atoms with Gasteiger partial charge in [-0.1, -0.05) is 13.8 Å². The number of unbranched alkanes of at least 4 members (excludes halogenated alkanes) is 1. The number of rotatable bonds is 10. The molecule has 1 unspecified atom stereocenters. The largest absolute Gasteiger partial charge is 0.481 e. The number of carbonyl (C=O) groups excluding carboxylic acids is 1. The lowest BCUT2D eigenvalue weighted by Crippen LogP contribution is -2.31. The molecule has 4 N–H and O–H groups in total. The number of hydrogen-bond acceptors (Lipinski definition) is 3. The molecule has 0 aromatic heterocycles. The van der Waals surface area contributed by atoms with E-state index in [9.17, 15) is 9.59 Å². The fourth-order valence-corrected chi connectivity index (χ4v) is 1.93. The number of nitrogens with two attached hydrogens (primary N) is 1. The van der Waals surface area contributed by atoms with Gasteiger partial charge in [0.05, 0.1) is 0 Å². The molecule has 0 fully saturated rings. The van der Waals surface area contributed by atoms with Gasteiger partial charge in [0.25, 0.3) is 0 Å². The van der Waals surface area contributed by atoms with Crippen molar-refractivity contribution < 1.29 is 14.7 Å². The molecule has 18 heavy (non-hydrogen) atoms. The van der Waals surface area contributed by atoms with E-state index in [1.165, 1.54) is 0 Å². The summed E-state index contributed by atoms with van der Waals surface area (Å²) < 4.78 is 0. The number of hydrogen-bond donors (Lipinski definition) is 3. The van der Waals surface area contributed by atoms with Crippen molar-refractivity contribution in [3.05, 3.63) is 0 Å². The van der Waals surface area contributed by atoms with Crippen LogP contribution in [0.15, 0.2) is 0 Å². The average Bonchev–Trinajstić information content (AvgIpc) is 2.25. The number of aliphatic carboxylic acids is 1. The lowest BCUT2D eigenvalue weighted by molar-refractivity contribution is -0.138. The minimum atomic E-state index is -0.807. The highest BCUT2D eigenvalue weighted by Crippen LogP contribution is 2.14. The molecule has 0 saturated heterocycles. The molecule has 0 heterocycles. The van der Waals surface area contributed by atoms with Crippen LogP contribution < -0.4 is 11.1 Å². The van der Waals surface area contributed by atoms with Gasteiger partial charge in [0.15, 0.2) is 0 Å². The molecule has 1 atom stereocenters. The van der Waals surface area contributed by atoms with Gasteiger partial charge in [0.1, 0.15) is 0 Å². The Labute approximate surface area is 109 Å². The van der Waals surface area contributed by atoms with Gasteiger partial charge in [0.2, 0.25) is 5.91 Å². The van der Waals surface area contributed by atoms with Crippen LogP contribution in [0.25, 0.3) is 0 Å². The lowest BCUT2D eigenvalue weighted by Gasteiger charge is -2.17. The molecule has 5 nitrogen and oxygen atoms in total. The predicted octanol–water partition coefficient (Wildman–Crippen LogP) is 1.37. The topological polar surface area (TPSA) is 92.4 Å². The molecule has 5 heteroatoms. The van der Waals surface area contributed by atoms with Crippen molar-refractivity contribution in [3.63, 3.8) is 0 Å². The first-order valence-corrected chi connectivity index (χ1v) is 6.64. The first-order valence-electron chi connectivity index (χ1n) is 6.64. The maximum atomic E-state index is 11.5. The van der Waals surface area contributed by atoms with Gasteiger partial charge >= 0.3 is 5.97 Å². The van der Waals surface area contributed by atoms with Crippen LogP contribution in [0.3, 0.4) is 0 Å². The van der Waals surface area contributed by atoms with Gasteiger partial charge in [-0.15, -0.1) is 0 Å². The SMILES string of the molecule is CC(C)CC(CNC(=O)CCCCN)CC(=O)O. The molecule has 1 amide bonds. The normalized spacial score (nSPS) is 12.4. The van der Waals surface area contributed by atoms with Crippen molar-refractivity contribution in [2.24, 2.45) is 17.6 Å². The van der Waals surface area contributed by atoms with Gasteiger partial charge in [-0.05, 0) is 37.6 Å². The third kappa shape index (κ3) is 10.1. The minimum absolute atomic E-state index is 0.0115. The van der Waals surface area contributed by atoms with Gasteiger partial charge in [-0.3, -0.25) is 9.59 Å². The van der Waals surface area contributed by atoms with E-state index < -0.39 is 5.97 Å². The first-order chi connectivity index (χ1) is 8.45. The van der Waals surface area contributed by atoms with Crippen LogP contribution in [-0.4, -0.2) is 30.1 Å². The van der Waals surface area contributed by atoms with Crippen LogP contribution in [0.5, 0.6) is 0 Å². The maximum Gasteiger partial charge on any atom is 0.303 e. The molecular formula is C13H26N2O3. The summed E-state index contributed by atoms with van der Waals surface area (Å²) in [5, 5.41) is 11.6. The van der Waals surface area contributed by atoms with Crippen molar-refractivity contribution in [3.8, 4) is 0 Å². The van der Waals surface area contributed by atoms with Gasteiger partial charge in [-0.25, -0.2) is 0 Å². The van der Waals surface area contributed by atoms with E-state index in [1.807, 2.05) is 0 Å². The summed E-state index contributed by atoms with van der Waals surface area (Å²) in [6.45, 7) is 5.16. The Morgan fingerprint density at radius 2 is 1.94 bits per heavy atom. The molecule has 0 aliphatic rings. The monoisotopic (exact) mass is 258 g/mol.